The van der Waals surface area contributed by atoms with E-state index < -0.39 is 16.3 Å². The molecule has 2 aliphatic heterocycles. The average Bonchev–Trinajstić information content (AvgIpc) is 3.29. The van der Waals surface area contributed by atoms with Crippen LogP contribution >= 0.6 is 11.6 Å². The third-order valence-corrected chi connectivity index (χ3v) is 7.75. The first-order valence-electron chi connectivity index (χ1n) is 10.1. The van der Waals surface area contributed by atoms with Crippen molar-refractivity contribution in [2.24, 2.45) is 0 Å². The zero-order chi connectivity index (χ0) is 21.1. The van der Waals surface area contributed by atoms with Gasteiger partial charge in [-0.25, -0.2) is 8.42 Å². The minimum absolute atomic E-state index is 0.196. The molecule has 0 unspecified atom stereocenters. The van der Waals surface area contributed by atoms with Gasteiger partial charge in [-0.05, 0) is 37.1 Å². The molecule has 1 atom stereocenters. The number of anilines is 2. The number of aliphatic hydroxyl groups excluding tert-OH is 1. The first-order chi connectivity index (χ1) is 14.5. The van der Waals surface area contributed by atoms with Crippen LogP contribution in [0.1, 0.15) is 24.6 Å². The first-order valence-corrected chi connectivity index (χ1v) is 11.9. The molecule has 2 aromatic carbocycles. The van der Waals surface area contributed by atoms with Crippen LogP contribution in [0.15, 0.2) is 47.4 Å². The molecular weight excluding hydrogens is 426 g/mol. The van der Waals surface area contributed by atoms with Crippen LogP contribution in [0.25, 0.3) is 0 Å². The Balaban J connectivity index is 1.68. The number of morpholine rings is 1. The Hall–Kier alpha value is -1.84. The maximum atomic E-state index is 13.1. The standard InChI is InChI=1S/C21H26ClN3O4S/c22-18-6-2-1-5-17(18)21(26)23-19-15-16(7-8-20(19)24-9-3-4-10-24)30(27,28)25-11-13-29-14-12-25/h1-2,5-8,15,21,23,26H,3-4,9-14H2/t21-/m1/s1. The molecule has 9 heteroatoms. The topological polar surface area (TPSA) is 82.1 Å². The number of hydrogen-bond donors (Lipinski definition) is 2. The molecule has 7 nitrogen and oxygen atoms in total. The number of nitrogens with zero attached hydrogens (tertiary/aromatic N) is 2. The van der Waals surface area contributed by atoms with E-state index in [1.165, 1.54) is 4.31 Å². The highest BCUT2D eigenvalue weighted by Crippen LogP contribution is 2.35. The normalized spacial score (nSPS) is 19.1. The second-order valence-corrected chi connectivity index (χ2v) is 9.80. The number of sulfonamides is 1. The molecule has 0 aliphatic carbocycles. The van der Waals surface area contributed by atoms with Crippen LogP contribution in [0.5, 0.6) is 0 Å². The summed E-state index contributed by atoms with van der Waals surface area (Å²) in [4.78, 5) is 2.40. The first kappa shape index (κ1) is 21.4. The molecule has 2 aliphatic rings. The van der Waals surface area contributed by atoms with Crippen LogP contribution < -0.4 is 10.2 Å². The molecule has 2 heterocycles. The summed E-state index contributed by atoms with van der Waals surface area (Å²) < 4.78 is 33.0. The van der Waals surface area contributed by atoms with Gasteiger partial charge in [0.2, 0.25) is 10.0 Å². The van der Waals surface area contributed by atoms with E-state index in [1.807, 2.05) is 6.07 Å². The summed E-state index contributed by atoms with van der Waals surface area (Å²) in [5, 5.41) is 14.3. The van der Waals surface area contributed by atoms with E-state index in [0.717, 1.165) is 31.6 Å². The fraction of sp³-hybridized carbons (Fsp3) is 0.429. The lowest BCUT2D eigenvalue weighted by Crippen LogP contribution is -2.40. The van der Waals surface area contributed by atoms with Crippen LogP contribution in [0.2, 0.25) is 5.02 Å². The lowest BCUT2D eigenvalue weighted by molar-refractivity contribution is 0.0730. The molecule has 2 saturated heterocycles. The van der Waals surface area contributed by atoms with Gasteiger partial charge < -0.3 is 20.1 Å². The fourth-order valence-corrected chi connectivity index (χ4v) is 5.56. The van der Waals surface area contributed by atoms with Gasteiger partial charge in [0.15, 0.2) is 6.23 Å². The third kappa shape index (κ3) is 4.43. The number of nitrogens with one attached hydrogen (secondary N) is 1. The van der Waals surface area contributed by atoms with E-state index in [9.17, 15) is 13.5 Å². The van der Waals surface area contributed by atoms with Crippen LogP contribution in [-0.2, 0) is 14.8 Å². The van der Waals surface area contributed by atoms with E-state index in [4.69, 9.17) is 16.3 Å². The summed E-state index contributed by atoms with van der Waals surface area (Å²) in [6.45, 7) is 3.24. The zero-order valence-electron chi connectivity index (χ0n) is 16.6. The van der Waals surface area contributed by atoms with Crippen molar-refractivity contribution < 1.29 is 18.3 Å². The van der Waals surface area contributed by atoms with E-state index in [1.54, 1.807) is 36.4 Å². The van der Waals surface area contributed by atoms with Gasteiger partial charge >= 0.3 is 0 Å². The SMILES string of the molecule is O=S(=O)(c1ccc(N2CCCC2)c(N[C@H](O)c2ccccc2Cl)c1)N1CCOCC1. The second kappa shape index (κ2) is 9.11. The molecule has 0 amide bonds. The highest BCUT2D eigenvalue weighted by atomic mass is 35.5. The van der Waals surface area contributed by atoms with Gasteiger partial charge in [-0.15, -0.1) is 0 Å². The van der Waals surface area contributed by atoms with Gasteiger partial charge in [0.1, 0.15) is 0 Å². The van der Waals surface area contributed by atoms with Crippen molar-refractivity contribution in [2.75, 3.05) is 49.6 Å². The lowest BCUT2D eigenvalue weighted by Gasteiger charge is -2.28. The van der Waals surface area contributed by atoms with Crippen molar-refractivity contribution in [3.63, 3.8) is 0 Å². The molecule has 162 valence electrons. The van der Waals surface area contributed by atoms with Crippen molar-refractivity contribution in [2.45, 2.75) is 24.0 Å². The summed E-state index contributed by atoms with van der Waals surface area (Å²) in [7, 11) is -3.65. The average molecular weight is 452 g/mol. The van der Waals surface area contributed by atoms with Crippen LogP contribution in [0.4, 0.5) is 11.4 Å². The Morgan fingerprint density at radius 3 is 2.43 bits per heavy atom. The second-order valence-electron chi connectivity index (χ2n) is 7.46. The molecule has 2 fully saturated rings. The van der Waals surface area contributed by atoms with Crippen LogP contribution in [0.3, 0.4) is 0 Å². The maximum absolute atomic E-state index is 13.1. The Morgan fingerprint density at radius 1 is 1.03 bits per heavy atom. The van der Waals surface area contributed by atoms with Crippen molar-refractivity contribution in [3.8, 4) is 0 Å². The number of aliphatic hydroxyl groups is 1. The largest absolute Gasteiger partial charge is 0.379 e. The quantitative estimate of drug-likeness (QED) is 0.657. The minimum atomic E-state index is -3.65. The van der Waals surface area contributed by atoms with Gasteiger partial charge in [-0.3, -0.25) is 0 Å². The predicted octanol–water partition coefficient (Wildman–Crippen LogP) is 3.06. The maximum Gasteiger partial charge on any atom is 0.243 e. The Bertz CT molecular complexity index is 989. The molecule has 0 bridgehead atoms. The molecule has 2 N–H and O–H groups in total. The molecule has 0 aromatic heterocycles. The van der Waals surface area contributed by atoms with E-state index in [0.29, 0.717) is 42.6 Å². The monoisotopic (exact) mass is 451 g/mol. The Morgan fingerprint density at radius 2 is 1.73 bits per heavy atom. The third-order valence-electron chi connectivity index (χ3n) is 5.51. The number of halogens is 1. The number of rotatable bonds is 6. The fourth-order valence-electron chi connectivity index (χ4n) is 3.88. The van der Waals surface area contributed by atoms with Gasteiger partial charge in [-0.1, -0.05) is 29.8 Å². The molecule has 0 radical (unpaired) electrons. The minimum Gasteiger partial charge on any atom is -0.379 e. The van der Waals surface area contributed by atoms with E-state index in [-0.39, 0.29) is 4.90 Å². The summed E-state index contributed by atoms with van der Waals surface area (Å²) in [6.07, 6.45) is 1.10. The highest BCUT2D eigenvalue weighted by Gasteiger charge is 2.28. The van der Waals surface area contributed by atoms with Crippen molar-refractivity contribution in [3.05, 3.63) is 53.1 Å². The molecule has 2 aromatic rings. The smallest absolute Gasteiger partial charge is 0.243 e. The summed E-state index contributed by atoms with van der Waals surface area (Å²) in [6, 6.07) is 12.1. The van der Waals surface area contributed by atoms with Gasteiger partial charge in [-0.2, -0.15) is 4.31 Å². The van der Waals surface area contributed by atoms with Gasteiger partial charge in [0.25, 0.3) is 0 Å². The Labute approximate surface area is 182 Å². The van der Waals surface area contributed by atoms with Gasteiger partial charge in [0.05, 0.1) is 29.5 Å². The number of hydrogen-bond acceptors (Lipinski definition) is 6. The molecule has 0 saturated carbocycles. The number of ether oxygens (including phenoxy) is 1. The predicted molar refractivity (Wildman–Crippen MR) is 118 cm³/mol. The summed E-state index contributed by atoms with van der Waals surface area (Å²) in [5.74, 6) is 0. The van der Waals surface area contributed by atoms with Crippen molar-refractivity contribution in [1.82, 2.24) is 4.31 Å². The van der Waals surface area contributed by atoms with Crippen LogP contribution in [-0.4, -0.2) is 57.2 Å². The van der Waals surface area contributed by atoms with Crippen molar-refractivity contribution in [1.29, 1.82) is 0 Å². The zero-order valence-corrected chi connectivity index (χ0v) is 18.2. The summed E-state index contributed by atoms with van der Waals surface area (Å²) >= 11 is 6.23. The Kier molecular flexibility index (Phi) is 6.50. The summed E-state index contributed by atoms with van der Waals surface area (Å²) in [5.41, 5.74) is 1.98. The molecule has 4 rings (SSSR count). The van der Waals surface area contributed by atoms with Crippen LogP contribution in [0, 0.1) is 0 Å². The highest BCUT2D eigenvalue weighted by molar-refractivity contribution is 7.89. The molecule has 30 heavy (non-hydrogen) atoms. The van der Waals surface area contributed by atoms with E-state index >= 15 is 0 Å². The molecular formula is C21H26ClN3O4S. The van der Waals surface area contributed by atoms with Crippen molar-refractivity contribution >= 4 is 33.0 Å². The molecule has 0 spiro atoms. The van der Waals surface area contributed by atoms with Gasteiger partial charge in [0, 0.05) is 36.8 Å². The number of benzene rings is 2. The lowest BCUT2D eigenvalue weighted by atomic mass is 10.1. The van der Waals surface area contributed by atoms with E-state index in [2.05, 4.69) is 10.2 Å².